The summed E-state index contributed by atoms with van der Waals surface area (Å²) in [7, 11) is 0. The van der Waals surface area contributed by atoms with Crippen LogP contribution in [-0.4, -0.2) is 29.1 Å². The highest BCUT2D eigenvalue weighted by atomic mass is 35.5. The van der Waals surface area contributed by atoms with Gasteiger partial charge in [0.05, 0.1) is 0 Å². The van der Waals surface area contributed by atoms with Gasteiger partial charge in [0.25, 0.3) is 0 Å². The lowest BCUT2D eigenvalue weighted by Gasteiger charge is -2.23. The molecule has 16 heavy (non-hydrogen) atoms. The second-order valence-corrected chi connectivity index (χ2v) is 4.55. The van der Waals surface area contributed by atoms with E-state index in [0.717, 1.165) is 18.7 Å². The minimum Gasteiger partial charge on any atom is -0.353 e. The van der Waals surface area contributed by atoms with Gasteiger partial charge in [0, 0.05) is 24.3 Å². The fourth-order valence-electron chi connectivity index (χ4n) is 1.82. The van der Waals surface area contributed by atoms with Crippen LogP contribution < -0.4 is 10.6 Å². The standard InChI is InChI=1S/C11H17ClN4/c1-8-6-14-11(16-10(8)12)15-7-9-4-2-3-5-13-9/h6,9,13H,2-5,7H2,1H3,(H,14,15,16). The second kappa shape index (κ2) is 5.46. The van der Waals surface area contributed by atoms with Gasteiger partial charge in [-0.15, -0.1) is 0 Å². The Morgan fingerprint density at radius 1 is 1.56 bits per heavy atom. The van der Waals surface area contributed by atoms with Crippen LogP contribution in [-0.2, 0) is 0 Å². The van der Waals surface area contributed by atoms with Crippen molar-refractivity contribution >= 4 is 17.5 Å². The van der Waals surface area contributed by atoms with Gasteiger partial charge in [-0.2, -0.15) is 0 Å². The maximum Gasteiger partial charge on any atom is 0.224 e. The number of piperidine rings is 1. The first kappa shape index (κ1) is 11.6. The molecule has 2 rings (SSSR count). The number of aryl methyl sites for hydroxylation is 1. The second-order valence-electron chi connectivity index (χ2n) is 4.20. The molecule has 88 valence electrons. The van der Waals surface area contributed by atoms with E-state index in [9.17, 15) is 0 Å². The minimum atomic E-state index is 0.522. The lowest BCUT2D eigenvalue weighted by molar-refractivity contribution is 0.413. The Morgan fingerprint density at radius 3 is 3.12 bits per heavy atom. The fourth-order valence-corrected chi connectivity index (χ4v) is 1.95. The quantitative estimate of drug-likeness (QED) is 0.794. The van der Waals surface area contributed by atoms with E-state index >= 15 is 0 Å². The van der Waals surface area contributed by atoms with Gasteiger partial charge in [0.1, 0.15) is 5.15 Å². The summed E-state index contributed by atoms with van der Waals surface area (Å²) in [6, 6.07) is 0.525. The summed E-state index contributed by atoms with van der Waals surface area (Å²) < 4.78 is 0. The van der Waals surface area contributed by atoms with Gasteiger partial charge in [-0.3, -0.25) is 0 Å². The average Bonchev–Trinajstić information content (AvgIpc) is 2.32. The average molecular weight is 241 g/mol. The van der Waals surface area contributed by atoms with Crippen molar-refractivity contribution in [2.75, 3.05) is 18.4 Å². The zero-order valence-corrected chi connectivity index (χ0v) is 10.2. The third-order valence-corrected chi connectivity index (χ3v) is 3.21. The van der Waals surface area contributed by atoms with E-state index in [4.69, 9.17) is 11.6 Å². The first-order valence-electron chi connectivity index (χ1n) is 5.72. The molecule has 0 spiro atoms. The molecular formula is C11H17ClN4. The van der Waals surface area contributed by atoms with E-state index in [-0.39, 0.29) is 0 Å². The Labute approximate surface area is 101 Å². The van der Waals surface area contributed by atoms with E-state index in [1.165, 1.54) is 19.3 Å². The Morgan fingerprint density at radius 2 is 2.44 bits per heavy atom. The van der Waals surface area contributed by atoms with Crippen molar-refractivity contribution in [1.29, 1.82) is 0 Å². The number of nitrogens with one attached hydrogen (secondary N) is 2. The number of aromatic nitrogens is 2. The maximum atomic E-state index is 5.93. The van der Waals surface area contributed by atoms with Crippen LogP contribution in [0.5, 0.6) is 0 Å². The van der Waals surface area contributed by atoms with Crippen LogP contribution >= 0.6 is 11.6 Å². The summed E-state index contributed by atoms with van der Waals surface area (Å²) in [6.07, 6.45) is 5.54. The normalized spacial score (nSPS) is 20.8. The van der Waals surface area contributed by atoms with Crippen molar-refractivity contribution in [2.45, 2.75) is 32.2 Å². The molecule has 1 atom stereocenters. The SMILES string of the molecule is Cc1cnc(NCC2CCCCN2)nc1Cl. The molecule has 0 bridgehead atoms. The van der Waals surface area contributed by atoms with Gasteiger partial charge in [0.2, 0.25) is 5.95 Å². The summed E-state index contributed by atoms with van der Waals surface area (Å²) in [4.78, 5) is 8.36. The molecule has 0 aliphatic carbocycles. The first-order chi connectivity index (χ1) is 7.75. The van der Waals surface area contributed by atoms with Gasteiger partial charge in [-0.05, 0) is 26.3 Å². The topological polar surface area (TPSA) is 49.8 Å². The molecule has 1 fully saturated rings. The monoisotopic (exact) mass is 240 g/mol. The van der Waals surface area contributed by atoms with Gasteiger partial charge in [-0.1, -0.05) is 18.0 Å². The highest BCUT2D eigenvalue weighted by molar-refractivity contribution is 6.30. The Bertz CT molecular complexity index is 350. The Hall–Kier alpha value is -0.870. The molecule has 1 aromatic rings. The minimum absolute atomic E-state index is 0.522. The van der Waals surface area contributed by atoms with Crippen molar-refractivity contribution in [3.63, 3.8) is 0 Å². The maximum absolute atomic E-state index is 5.93. The predicted molar refractivity (Wildman–Crippen MR) is 65.9 cm³/mol. The molecule has 1 aromatic heterocycles. The fraction of sp³-hybridized carbons (Fsp3) is 0.636. The summed E-state index contributed by atoms with van der Waals surface area (Å²) >= 11 is 5.93. The third kappa shape index (κ3) is 3.06. The molecule has 0 aromatic carbocycles. The molecule has 1 unspecified atom stereocenters. The molecule has 2 heterocycles. The van der Waals surface area contributed by atoms with Crippen molar-refractivity contribution in [3.05, 3.63) is 16.9 Å². The van der Waals surface area contributed by atoms with E-state index in [0.29, 0.717) is 17.1 Å². The van der Waals surface area contributed by atoms with Crippen LogP contribution in [0.25, 0.3) is 0 Å². The first-order valence-corrected chi connectivity index (χ1v) is 6.10. The summed E-state index contributed by atoms with van der Waals surface area (Å²) in [6.45, 7) is 3.87. The number of hydrogen-bond donors (Lipinski definition) is 2. The molecule has 1 aliphatic rings. The predicted octanol–water partition coefficient (Wildman–Crippen LogP) is 1.99. The number of anilines is 1. The number of rotatable bonds is 3. The van der Waals surface area contributed by atoms with Crippen LogP contribution in [0.4, 0.5) is 5.95 Å². The van der Waals surface area contributed by atoms with E-state index in [1.807, 2.05) is 6.92 Å². The molecule has 5 heteroatoms. The van der Waals surface area contributed by atoms with Gasteiger partial charge in [0.15, 0.2) is 0 Å². The van der Waals surface area contributed by atoms with Crippen molar-refractivity contribution < 1.29 is 0 Å². The molecule has 4 nitrogen and oxygen atoms in total. The largest absolute Gasteiger partial charge is 0.353 e. The molecular weight excluding hydrogens is 224 g/mol. The van der Waals surface area contributed by atoms with E-state index in [1.54, 1.807) is 6.20 Å². The zero-order chi connectivity index (χ0) is 11.4. The third-order valence-electron chi connectivity index (χ3n) is 2.83. The smallest absolute Gasteiger partial charge is 0.224 e. The molecule has 2 N–H and O–H groups in total. The number of halogens is 1. The van der Waals surface area contributed by atoms with E-state index in [2.05, 4.69) is 20.6 Å². The van der Waals surface area contributed by atoms with Crippen LogP contribution in [0.3, 0.4) is 0 Å². The van der Waals surface area contributed by atoms with E-state index < -0.39 is 0 Å². The molecule has 0 radical (unpaired) electrons. The highest BCUT2D eigenvalue weighted by Gasteiger charge is 2.12. The number of hydrogen-bond acceptors (Lipinski definition) is 4. The van der Waals surface area contributed by atoms with Crippen molar-refractivity contribution in [3.8, 4) is 0 Å². The van der Waals surface area contributed by atoms with Crippen molar-refractivity contribution in [2.24, 2.45) is 0 Å². The van der Waals surface area contributed by atoms with Gasteiger partial charge >= 0.3 is 0 Å². The highest BCUT2D eigenvalue weighted by Crippen LogP contribution is 2.13. The van der Waals surface area contributed by atoms with Crippen LogP contribution in [0, 0.1) is 6.92 Å². The molecule has 1 saturated heterocycles. The summed E-state index contributed by atoms with van der Waals surface area (Å²) in [5.41, 5.74) is 0.906. The lowest BCUT2D eigenvalue weighted by Crippen LogP contribution is -2.39. The van der Waals surface area contributed by atoms with Crippen molar-refractivity contribution in [1.82, 2.24) is 15.3 Å². The summed E-state index contributed by atoms with van der Waals surface area (Å²) in [5, 5.41) is 7.20. The van der Waals surface area contributed by atoms with Crippen LogP contribution in [0.15, 0.2) is 6.20 Å². The molecule has 0 saturated carbocycles. The lowest BCUT2D eigenvalue weighted by atomic mass is 10.1. The Kier molecular flexibility index (Phi) is 3.96. The van der Waals surface area contributed by atoms with Crippen LogP contribution in [0.1, 0.15) is 24.8 Å². The molecule has 0 amide bonds. The van der Waals surface area contributed by atoms with Crippen LogP contribution in [0.2, 0.25) is 5.15 Å². The Balaban J connectivity index is 1.86. The van der Waals surface area contributed by atoms with Gasteiger partial charge in [-0.25, -0.2) is 9.97 Å². The number of nitrogens with zero attached hydrogens (tertiary/aromatic N) is 2. The molecule has 1 aliphatic heterocycles. The summed E-state index contributed by atoms with van der Waals surface area (Å²) in [5.74, 6) is 0.614. The van der Waals surface area contributed by atoms with Gasteiger partial charge < -0.3 is 10.6 Å². The zero-order valence-electron chi connectivity index (χ0n) is 9.46.